The van der Waals surface area contributed by atoms with Crippen LogP contribution in [0.3, 0.4) is 0 Å². The van der Waals surface area contributed by atoms with Crippen molar-refractivity contribution >= 4 is 41.9 Å². The van der Waals surface area contributed by atoms with E-state index < -0.39 is 5.60 Å². The molecule has 0 atom stereocenters. The van der Waals surface area contributed by atoms with E-state index in [9.17, 15) is 9.59 Å². The Labute approximate surface area is 174 Å². The van der Waals surface area contributed by atoms with Crippen LogP contribution in [0.4, 0.5) is 4.79 Å². The number of hydrogen-bond donors (Lipinski definition) is 1. The average Bonchev–Trinajstić information content (AvgIpc) is 2.52. The summed E-state index contributed by atoms with van der Waals surface area (Å²) in [7, 11) is 1.71. The quantitative estimate of drug-likeness (QED) is 0.374. The van der Waals surface area contributed by atoms with E-state index in [1.807, 2.05) is 32.6 Å². The van der Waals surface area contributed by atoms with Crippen molar-refractivity contribution in [2.24, 2.45) is 4.99 Å². The zero-order valence-electron chi connectivity index (χ0n) is 16.9. The van der Waals surface area contributed by atoms with Gasteiger partial charge >= 0.3 is 6.09 Å². The molecule has 1 saturated heterocycles. The second kappa shape index (κ2) is 11.5. The van der Waals surface area contributed by atoms with Gasteiger partial charge in [0, 0.05) is 53.2 Å². The Balaban J connectivity index is 0.00000625. The Hall–Kier alpha value is -1.26. The molecule has 1 fully saturated rings. The van der Waals surface area contributed by atoms with Crippen LogP contribution in [0.5, 0.6) is 0 Å². The van der Waals surface area contributed by atoms with Gasteiger partial charge in [0.2, 0.25) is 5.91 Å². The van der Waals surface area contributed by atoms with Gasteiger partial charge in [0.25, 0.3) is 0 Å². The lowest BCUT2D eigenvalue weighted by atomic mass is 10.2. The summed E-state index contributed by atoms with van der Waals surface area (Å²) in [6, 6.07) is 0. The van der Waals surface area contributed by atoms with Crippen LogP contribution in [0.15, 0.2) is 4.99 Å². The van der Waals surface area contributed by atoms with Gasteiger partial charge in [-0.1, -0.05) is 0 Å². The van der Waals surface area contributed by atoms with Crippen LogP contribution in [-0.2, 0) is 9.53 Å². The van der Waals surface area contributed by atoms with Gasteiger partial charge in [0.1, 0.15) is 5.60 Å². The molecule has 8 nitrogen and oxygen atoms in total. The van der Waals surface area contributed by atoms with E-state index in [4.69, 9.17) is 4.74 Å². The van der Waals surface area contributed by atoms with Crippen molar-refractivity contribution in [2.45, 2.75) is 40.2 Å². The molecule has 0 aromatic carbocycles. The Morgan fingerprint density at radius 2 is 1.69 bits per heavy atom. The summed E-state index contributed by atoms with van der Waals surface area (Å²) in [5, 5.41) is 3.28. The van der Waals surface area contributed by atoms with Crippen LogP contribution >= 0.6 is 24.0 Å². The topological polar surface area (TPSA) is 77.5 Å². The highest BCUT2D eigenvalue weighted by molar-refractivity contribution is 14.0. The van der Waals surface area contributed by atoms with Crippen molar-refractivity contribution in [3.8, 4) is 0 Å². The number of rotatable bonds is 4. The van der Waals surface area contributed by atoms with Crippen LogP contribution in [0.25, 0.3) is 0 Å². The Morgan fingerprint density at radius 3 is 2.15 bits per heavy atom. The number of likely N-dealkylation sites (N-methyl/N-ethyl adjacent to an activating group) is 1. The van der Waals surface area contributed by atoms with Crippen LogP contribution in [0, 0.1) is 0 Å². The van der Waals surface area contributed by atoms with E-state index in [1.54, 1.807) is 14.0 Å². The number of amides is 2. The van der Waals surface area contributed by atoms with Gasteiger partial charge in [-0.15, -0.1) is 24.0 Å². The number of ether oxygens (including phenoxy) is 1. The second-order valence-electron chi connectivity index (χ2n) is 7.13. The first-order valence-electron chi connectivity index (χ1n) is 8.87. The molecule has 0 aliphatic carbocycles. The van der Waals surface area contributed by atoms with Crippen molar-refractivity contribution in [3.05, 3.63) is 0 Å². The zero-order valence-corrected chi connectivity index (χ0v) is 19.2. The Morgan fingerprint density at radius 1 is 1.15 bits per heavy atom. The minimum absolute atomic E-state index is 0. The minimum atomic E-state index is -0.500. The molecule has 0 aromatic rings. The fraction of sp³-hybridized carbons (Fsp3) is 0.824. The Bertz CT molecular complexity index is 485. The molecule has 0 radical (unpaired) electrons. The number of nitrogens with zero attached hydrogens (tertiary/aromatic N) is 4. The zero-order chi connectivity index (χ0) is 19.0. The SMILES string of the molecule is CCNC(=NCCN(C)C(=O)OC(C)(C)C)N1CCN(C(C)=O)CC1.I. The van der Waals surface area contributed by atoms with Crippen LogP contribution in [0.2, 0.25) is 0 Å². The predicted octanol–water partition coefficient (Wildman–Crippen LogP) is 1.60. The molecule has 0 spiro atoms. The van der Waals surface area contributed by atoms with Gasteiger partial charge in [-0.2, -0.15) is 0 Å². The molecule has 1 N–H and O–H groups in total. The molecular formula is C17H34IN5O3. The fourth-order valence-electron chi connectivity index (χ4n) is 2.40. The summed E-state index contributed by atoms with van der Waals surface area (Å²) in [4.78, 5) is 33.5. The summed E-state index contributed by atoms with van der Waals surface area (Å²) in [5.41, 5.74) is -0.500. The number of aliphatic imine (C=N–C) groups is 1. The first-order chi connectivity index (χ1) is 11.6. The number of piperazine rings is 1. The van der Waals surface area contributed by atoms with Crippen molar-refractivity contribution in [3.63, 3.8) is 0 Å². The van der Waals surface area contributed by atoms with Gasteiger partial charge in [-0.05, 0) is 27.7 Å². The van der Waals surface area contributed by atoms with Gasteiger partial charge in [0.15, 0.2) is 5.96 Å². The highest BCUT2D eigenvalue weighted by atomic mass is 127. The van der Waals surface area contributed by atoms with Crippen LogP contribution in [0.1, 0.15) is 34.6 Å². The molecule has 0 bridgehead atoms. The monoisotopic (exact) mass is 483 g/mol. The highest BCUT2D eigenvalue weighted by Gasteiger charge is 2.21. The predicted molar refractivity (Wildman–Crippen MR) is 114 cm³/mol. The fourth-order valence-corrected chi connectivity index (χ4v) is 2.40. The molecule has 0 saturated carbocycles. The summed E-state index contributed by atoms with van der Waals surface area (Å²) in [6.07, 6.45) is -0.345. The molecular weight excluding hydrogens is 449 g/mol. The van der Waals surface area contributed by atoms with E-state index in [2.05, 4.69) is 15.2 Å². The lowest BCUT2D eigenvalue weighted by molar-refractivity contribution is -0.130. The van der Waals surface area contributed by atoms with E-state index >= 15 is 0 Å². The smallest absolute Gasteiger partial charge is 0.410 e. The standard InChI is InChI=1S/C17H33N5O3.HI/c1-7-18-15(22-12-10-21(11-13-22)14(2)23)19-8-9-20(6)16(24)25-17(3,4)5;/h7-13H2,1-6H3,(H,18,19);1H. The minimum Gasteiger partial charge on any atom is -0.444 e. The molecule has 1 rings (SSSR count). The number of halogens is 1. The highest BCUT2D eigenvalue weighted by Crippen LogP contribution is 2.09. The maximum Gasteiger partial charge on any atom is 0.410 e. The largest absolute Gasteiger partial charge is 0.444 e. The van der Waals surface area contributed by atoms with Crippen molar-refractivity contribution in [1.29, 1.82) is 0 Å². The third-order valence-corrected chi connectivity index (χ3v) is 3.76. The van der Waals surface area contributed by atoms with Crippen LogP contribution < -0.4 is 5.32 Å². The number of nitrogens with one attached hydrogen (secondary N) is 1. The molecule has 1 aliphatic rings. The summed E-state index contributed by atoms with van der Waals surface area (Å²) in [6.45, 7) is 13.8. The molecule has 2 amide bonds. The Kier molecular flexibility index (Phi) is 10.9. The molecule has 26 heavy (non-hydrogen) atoms. The number of hydrogen-bond acceptors (Lipinski definition) is 4. The van der Waals surface area contributed by atoms with E-state index in [-0.39, 0.29) is 36.0 Å². The van der Waals surface area contributed by atoms with E-state index in [0.717, 1.165) is 25.6 Å². The lowest BCUT2D eigenvalue weighted by Gasteiger charge is -2.36. The van der Waals surface area contributed by atoms with E-state index in [1.165, 1.54) is 4.90 Å². The maximum absolute atomic E-state index is 12.0. The lowest BCUT2D eigenvalue weighted by Crippen LogP contribution is -2.53. The first kappa shape index (κ1) is 24.7. The van der Waals surface area contributed by atoms with Crippen molar-refractivity contribution < 1.29 is 14.3 Å². The summed E-state index contributed by atoms with van der Waals surface area (Å²) >= 11 is 0. The molecule has 152 valence electrons. The molecule has 1 aliphatic heterocycles. The second-order valence-corrected chi connectivity index (χ2v) is 7.13. The van der Waals surface area contributed by atoms with Gasteiger partial charge in [0.05, 0.1) is 6.54 Å². The van der Waals surface area contributed by atoms with E-state index in [0.29, 0.717) is 26.2 Å². The average molecular weight is 483 g/mol. The third-order valence-electron chi connectivity index (χ3n) is 3.76. The normalized spacial score (nSPS) is 15.2. The van der Waals surface area contributed by atoms with Gasteiger partial charge < -0.3 is 24.8 Å². The molecule has 9 heteroatoms. The molecule has 1 heterocycles. The first-order valence-corrected chi connectivity index (χ1v) is 8.87. The maximum atomic E-state index is 12.0. The number of carbonyl (C=O) groups excluding carboxylic acids is 2. The van der Waals surface area contributed by atoms with Gasteiger partial charge in [-0.25, -0.2) is 4.79 Å². The van der Waals surface area contributed by atoms with Crippen LogP contribution in [-0.4, -0.2) is 91.1 Å². The number of carbonyl (C=O) groups is 2. The third kappa shape index (κ3) is 8.91. The summed E-state index contributed by atoms with van der Waals surface area (Å²) < 4.78 is 5.33. The van der Waals surface area contributed by atoms with Gasteiger partial charge in [-0.3, -0.25) is 9.79 Å². The summed E-state index contributed by atoms with van der Waals surface area (Å²) in [5.74, 6) is 0.934. The number of guanidine groups is 1. The molecule has 0 unspecified atom stereocenters. The molecule has 0 aromatic heterocycles. The van der Waals surface area contributed by atoms with Crippen molar-refractivity contribution in [1.82, 2.24) is 20.0 Å². The van der Waals surface area contributed by atoms with Crippen molar-refractivity contribution in [2.75, 3.05) is 52.9 Å².